The van der Waals surface area contributed by atoms with Crippen molar-refractivity contribution >= 4 is 15.9 Å². The van der Waals surface area contributed by atoms with Crippen molar-refractivity contribution in [1.82, 2.24) is 9.78 Å². The first-order valence-electron chi connectivity index (χ1n) is 6.57. The lowest BCUT2D eigenvalue weighted by molar-refractivity contribution is 0.272. The highest BCUT2D eigenvalue weighted by molar-refractivity contribution is 9.08. The first-order chi connectivity index (χ1) is 9.69. The highest BCUT2D eigenvalue weighted by atomic mass is 79.9. The Bertz CT molecular complexity index is 559. The van der Waals surface area contributed by atoms with Crippen LogP contribution in [0.4, 0.5) is 0 Å². The number of rotatable bonds is 6. The molecule has 0 saturated heterocycles. The fraction of sp³-hybridized carbons (Fsp3) is 0.400. The highest BCUT2D eigenvalue weighted by Gasteiger charge is 2.11. The van der Waals surface area contributed by atoms with Crippen molar-refractivity contribution in [3.05, 3.63) is 41.2 Å². The zero-order valence-corrected chi connectivity index (χ0v) is 13.6. The molecule has 5 heteroatoms. The molecule has 108 valence electrons. The van der Waals surface area contributed by atoms with Crippen LogP contribution in [-0.2, 0) is 18.5 Å². The molecule has 0 aliphatic heterocycles. The van der Waals surface area contributed by atoms with Gasteiger partial charge in [-0.05, 0) is 26.0 Å². The Labute approximate surface area is 127 Å². The lowest BCUT2D eigenvalue weighted by Gasteiger charge is -2.14. The molecular formula is C15H19BrN2O2. The van der Waals surface area contributed by atoms with Gasteiger partial charge in [0.05, 0.1) is 18.5 Å². The highest BCUT2D eigenvalue weighted by Crippen LogP contribution is 2.33. The van der Waals surface area contributed by atoms with Gasteiger partial charge in [-0.25, -0.2) is 0 Å². The second-order valence-electron chi connectivity index (χ2n) is 4.46. The fourth-order valence-corrected chi connectivity index (χ4v) is 2.57. The normalized spacial score (nSPS) is 10.6. The Morgan fingerprint density at radius 2 is 2.15 bits per heavy atom. The van der Waals surface area contributed by atoms with Gasteiger partial charge in [0.25, 0.3) is 0 Å². The van der Waals surface area contributed by atoms with Gasteiger partial charge in [0.2, 0.25) is 0 Å². The number of nitrogens with zero attached hydrogens (tertiary/aromatic N) is 2. The van der Waals surface area contributed by atoms with Crippen molar-refractivity contribution in [1.29, 1.82) is 0 Å². The van der Waals surface area contributed by atoms with Gasteiger partial charge in [-0.1, -0.05) is 28.1 Å². The molecule has 0 radical (unpaired) electrons. The minimum Gasteiger partial charge on any atom is -0.493 e. The number of hydrogen-bond donors (Lipinski definition) is 0. The van der Waals surface area contributed by atoms with Gasteiger partial charge < -0.3 is 9.47 Å². The Hall–Kier alpha value is -1.49. The summed E-state index contributed by atoms with van der Waals surface area (Å²) in [6, 6.07) is 7.94. The monoisotopic (exact) mass is 338 g/mol. The number of aromatic nitrogens is 2. The fourth-order valence-electron chi connectivity index (χ4n) is 2.13. The molecule has 2 rings (SSSR count). The zero-order valence-electron chi connectivity index (χ0n) is 12.0. The summed E-state index contributed by atoms with van der Waals surface area (Å²) in [4.78, 5) is 0. The smallest absolute Gasteiger partial charge is 0.165 e. The van der Waals surface area contributed by atoms with E-state index in [1.54, 1.807) is 7.11 Å². The van der Waals surface area contributed by atoms with Gasteiger partial charge >= 0.3 is 0 Å². The van der Waals surface area contributed by atoms with Gasteiger partial charge in [0.1, 0.15) is 6.61 Å². The number of hydrogen-bond acceptors (Lipinski definition) is 3. The van der Waals surface area contributed by atoms with E-state index in [0.717, 1.165) is 40.3 Å². The topological polar surface area (TPSA) is 36.3 Å². The standard InChI is InChI=1S/C15H19BrN2O2/c1-4-18-13(8-11(2)17-18)10-20-15-12(9-16)6-5-7-14(15)19-3/h5-8H,4,9-10H2,1-3H3. The number of halogens is 1. The van der Waals surface area contributed by atoms with E-state index in [4.69, 9.17) is 9.47 Å². The SMILES string of the molecule is CCn1nc(C)cc1COc1c(CBr)cccc1OC. The number of para-hydroxylation sites is 1. The molecule has 1 aromatic heterocycles. The van der Waals surface area contributed by atoms with Crippen molar-refractivity contribution < 1.29 is 9.47 Å². The quantitative estimate of drug-likeness (QED) is 0.753. The summed E-state index contributed by atoms with van der Waals surface area (Å²) in [7, 11) is 1.65. The maximum absolute atomic E-state index is 5.98. The first kappa shape index (κ1) is 14.9. The van der Waals surface area contributed by atoms with E-state index in [2.05, 4.69) is 28.0 Å². The second-order valence-corrected chi connectivity index (χ2v) is 5.02. The Kier molecular flexibility index (Phi) is 5.06. The third-order valence-electron chi connectivity index (χ3n) is 3.07. The molecular weight excluding hydrogens is 320 g/mol. The minimum absolute atomic E-state index is 0.481. The van der Waals surface area contributed by atoms with Crippen molar-refractivity contribution in [2.45, 2.75) is 32.3 Å². The third-order valence-corrected chi connectivity index (χ3v) is 3.68. The van der Waals surface area contributed by atoms with E-state index in [9.17, 15) is 0 Å². The molecule has 0 unspecified atom stereocenters. The first-order valence-corrected chi connectivity index (χ1v) is 7.69. The molecule has 4 nitrogen and oxygen atoms in total. The lowest BCUT2D eigenvalue weighted by Crippen LogP contribution is -2.07. The average Bonchev–Trinajstić information content (AvgIpc) is 2.84. The summed E-state index contributed by atoms with van der Waals surface area (Å²) >= 11 is 3.48. The predicted molar refractivity (Wildman–Crippen MR) is 82.6 cm³/mol. The van der Waals surface area contributed by atoms with Crippen LogP contribution in [0.25, 0.3) is 0 Å². The summed E-state index contributed by atoms with van der Waals surface area (Å²) < 4.78 is 13.3. The third kappa shape index (κ3) is 3.15. The lowest BCUT2D eigenvalue weighted by atomic mass is 10.2. The van der Waals surface area contributed by atoms with E-state index >= 15 is 0 Å². The molecule has 0 bridgehead atoms. The summed E-state index contributed by atoms with van der Waals surface area (Å²) in [5.74, 6) is 1.54. The van der Waals surface area contributed by atoms with Crippen LogP contribution in [0, 0.1) is 6.92 Å². The zero-order chi connectivity index (χ0) is 14.5. The molecule has 1 heterocycles. The van der Waals surface area contributed by atoms with Crippen LogP contribution in [0.15, 0.2) is 24.3 Å². The van der Waals surface area contributed by atoms with Gasteiger partial charge in [-0.15, -0.1) is 0 Å². The van der Waals surface area contributed by atoms with Crippen LogP contribution in [0.5, 0.6) is 11.5 Å². The number of benzene rings is 1. The largest absolute Gasteiger partial charge is 0.493 e. The molecule has 20 heavy (non-hydrogen) atoms. The maximum Gasteiger partial charge on any atom is 0.165 e. The molecule has 0 saturated carbocycles. The summed E-state index contributed by atoms with van der Waals surface area (Å²) in [5, 5.41) is 5.15. The molecule has 0 fully saturated rings. The molecule has 0 N–H and O–H groups in total. The molecule has 2 aromatic rings. The number of alkyl halides is 1. The van der Waals surface area contributed by atoms with Gasteiger partial charge in [0, 0.05) is 17.4 Å². The van der Waals surface area contributed by atoms with Crippen LogP contribution in [0.1, 0.15) is 23.9 Å². The molecule has 1 aromatic carbocycles. The van der Waals surface area contributed by atoms with Gasteiger partial charge in [-0.3, -0.25) is 4.68 Å². The predicted octanol–water partition coefficient (Wildman–Crippen LogP) is 3.69. The Morgan fingerprint density at radius 3 is 2.80 bits per heavy atom. The number of methoxy groups -OCH3 is 1. The molecule has 0 amide bonds. The molecule has 0 spiro atoms. The van der Waals surface area contributed by atoms with Crippen LogP contribution in [0.2, 0.25) is 0 Å². The van der Waals surface area contributed by atoms with E-state index in [0.29, 0.717) is 6.61 Å². The Balaban J connectivity index is 2.22. The van der Waals surface area contributed by atoms with Crippen molar-refractivity contribution in [2.75, 3.05) is 7.11 Å². The molecule has 0 aliphatic rings. The van der Waals surface area contributed by atoms with Crippen molar-refractivity contribution in [3.8, 4) is 11.5 Å². The van der Waals surface area contributed by atoms with Gasteiger partial charge in [-0.2, -0.15) is 5.10 Å². The summed E-state index contributed by atoms with van der Waals surface area (Å²) in [6.45, 7) is 5.38. The van der Waals surface area contributed by atoms with Crippen LogP contribution in [0.3, 0.4) is 0 Å². The van der Waals surface area contributed by atoms with E-state index in [-0.39, 0.29) is 0 Å². The van der Waals surface area contributed by atoms with Crippen LogP contribution >= 0.6 is 15.9 Å². The molecule has 0 atom stereocenters. The molecule has 0 aliphatic carbocycles. The van der Waals surface area contributed by atoms with E-state index < -0.39 is 0 Å². The van der Waals surface area contributed by atoms with Crippen LogP contribution < -0.4 is 9.47 Å². The average molecular weight is 339 g/mol. The van der Waals surface area contributed by atoms with Gasteiger partial charge in [0.15, 0.2) is 11.5 Å². The minimum atomic E-state index is 0.481. The summed E-state index contributed by atoms with van der Waals surface area (Å²) in [5.41, 5.74) is 3.14. The van der Waals surface area contributed by atoms with Crippen molar-refractivity contribution in [3.63, 3.8) is 0 Å². The number of ether oxygens (including phenoxy) is 2. The Morgan fingerprint density at radius 1 is 1.35 bits per heavy atom. The number of aryl methyl sites for hydroxylation is 2. The van der Waals surface area contributed by atoms with E-state index in [1.165, 1.54) is 0 Å². The van der Waals surface area contributed by atoms with Crippen molar-refractivity contribution in [2.24, 2.45) is 0 Å². The second kappa shape index (κ2) is 6.79. The maximum atomic E-state index is 5.98. The van der Waals surface area contributed by atoms with Crippen LogP contribution in [-0.4, -0.2) is 16.9 Å². The summed E-state index contributed by atoms with van der Waals surface area (Å²) in [6.07, 6.45) is 0. The van der Waals surface area contributed by atoms with E-state index in [1.807, 2.05) is 35.9 Å².